The second-order valence-electron chi connectivity index (χ2n) is 4.15. The van der Waals surface area contributed by atoms with E-state index < -0.39 is 4.92 Å². The summed E-state index contributed by atoms with van der Waals surface area (Å²) in [6.07, 6.45) is 1.59. The zero-order chi connectivity index (χ0) is 15.1. The Bertz CT molecular complexity index is 639. The number of nitrogens with one attached hydrogen (secondary N) is 1. The van der Waals surface area contributed by atoms with Crippen molar-refractivity contribution in [3.63, 3.8) is 0 Å². The molecule has 0 radical (unpaired) electrons. The Balaban J connectivity index is 2.04. The minimum absolute atomic E-state index is 0.0126. The van der Waals surface area contributed by atoms with Gasteiger partial charge in [0.05, 0.1) is 17.7 Å². The Hall–Kier alpha value is -2.89. The van der Waals surface area contributed by atoms with Gasteiger partial charge < -0.3 is 4.74 Å². The molecular formula is C15H15N3O3. The van der Waals surface area contributed by atoms with Gasteiger partial charge in [-0.3, -0.25) is 15.5 Å². The predicted molar refractivity (Wildman–Crippen MR) is 81.9 cm³/mol. The van der Waals surface area contributed by atoms with Crippen LogP contribution in [0.4, 0.5) is 11.4 Å². The molecule has 0 unspecified atom stereocenters. The van der Waals surface area contributed by atoms with E-state index in [-0.39, 0.29) is 5.69 Å². The van der Waals surface area contributed by atoms with Gasteiger partial charge in [-0.1, -0.05) is 12.1 Å². The highest BCUT2D eigenvalue weighted by Gasteiger charge is 2.10. The first-order valence-electron chi connectivity index (χ1n) is 6.46. The van der Waals surface area contributed by atoms with Crippen LogP contribution in [0.15, 0.2) is 53.6 Å². The minimum Gasteiger partial charge on any atom is -0.494 e. The average Bonchev–Trinajstić information content (AvgIpc) is 2.50. The van der Waals surface area contributed by atoms with Crippen LogP contribution >= 0.6 is 0 Å². The summed E-state index contributed by atoms with van der Waals surface area (Å²) >= 11 is 0. The van der Waals surface area contributed by atoms with Gasteiger partial charge in [0, 0.05) is 6.07 Å². The Morgan fingerprint density at radius 2 is 1.95 bits per heavy atom. The van der Waals surface area contributed by atoms with Crippen LogP contribution in [0.3, 0.4) is 0 Å². The molecule has 2 aromatic carbocycles. The van der Waals surface area contributed by atoms with Crippen LogP contribution < -0.4 is 10.2 Å². The SMILES string of the molecule is CCOc1ccc(/C=N\Nc2ccccc2[N+](=O)[O-])cc1. The Morgan fingerprint density at radius 1 is 1.24 bits per heavy atom. The number of nitro groups is 1. The molecular weight excluding hydrogens is 270 g/mol. The van der Waals surface area contributed by atoms with E-state index in [2.05, 4.69) is 10.5 Å². The van der Waals surface area contributed by atoms with Gasteiger partial charge in [-0.05, 0) is 42.8 Å². The third kappa shape index (κ3) is 4.04. The molecule has 2 aromatic rings. The maximum Gasteiger partial charge on any atom is 0.294 e. The van der Waals surface area contributed by atoms with E-state index >= 15 is 0 Å². The van der Waals surface area contributed by atoms with Gasteiger partial charge >= 0.3 is 0 Å². The van der Waals surface area contributed by atoms with E-state index in [9.17, 15) is 10.1 Å². The average molecular weight is 285 g/mol. The molecule has 0 aliphatic heterocycles. The van der Waals surface area contributed by atoms with Crippen molar-refractivity contribution in [1.82, 2.24) is 0 Å². The third-order valence-electron chi connectivity index (χ3n) is 2.69. The molecule has 0 aliphatic carbocycles. The Morgan fingerprint density at radius 3 is 2.62 bits per heavy atom. The lowest BCUT2D eigenvalue weighted by molar-refractivity contribution is -0.384. The van der Waals surface area contributed by atoms with Crippen molar-refractivity contribution in [2.45, 2.75) is 6.92 Å². The fourth-order valence-corrected chi connectivity index (χ4v) is 1.72. The lowest BCUT2D eigenvalue weighted by Gasteiger charge is -2.03. The van der Waals surface area contributed by atoms with Gasteiger partial charge in [-0.2, -0.15) is 5.10 Å². The summed E-state index contributed by atoms with van der Waals surface area (Å²) in [5.41, 5.74) is 3.88. The highest BCUT2D eigenvalue weighted by molar-refractivity contribution is 5.80. The van der Waals surface area contributed by atoms with Gasteiger partial charge in [-0.25, -0.2) is 0 Å². The molecule has 0 atom stereocenters. The van der Waals surface area contributed by atoms with Crippen LogP contribution in [0.5, 0.6) is 5.75 Å². The standard InChI is InChI=1S/C15H15N3O3/c1-2-21-13-9-7-12(8-10-13)11-16-17-14-5-3-4-6-15(14)18(19)20/h3-11,17H,2H2,1H3/b16-11-. The number of hydrogen-bond donors (Lipinski definition) is 1. The summed E-state index contributed by atoms with van der Waals surface area (Å²) in [5.74, 6) is 0.793. The number of hydrogen-bond acceptors (Lipinski definition) is 5. The largest absolute Gasteiger partial charge is 0.494 e. The molecule has 21 heavy (non-hydrogen) atoms. The molecule has 0 aliphatic rings. The first-order valence-corrected chi connectivity index (χ1v) is 6.46. The number of rotatable bonds is 6. The first-order chi connectivity index (χ1) is 10.2. The molecule has 6 nitrogen and oxygen atoms in total. The molecule has 0 saturated carbocycles. The van der Waals surface area contributed by atoms with Crippen LogP contribution in [0.25, 0.3) is 0 Å². The number of nitro benzene ring substituents is 1. The topological polar surface area (TPSA) is 76.8 Å². The van der Waals surface area contributed by atoms with E-state index in [1.165, 1.54) is 6.07 Å². The second kappa shape index (κ2) is 7.04. The summed E-state index contributed by atoms with van der Waals surface area (Å²) in [6, 6.07) is 13.8. The third-order valence-corrected chi connectivity index (χ3v) is 2.69. The predicted octanol–water partition coefficient (Wildman–Crippen LogP) is 3.44. The monoisotopic (exact) mass is 285 g/mol. The van der Waals surface area contributed by atoms with Crippen LogP contribution in [0, 0.1) is 10.1 Å². The van der Waals surface area contributed by atoms with Crippen LogP contribution in [-0.2, 0) is 0 Å². The summed E-state index contributed by atoms with van der Waals surface area (Å²) in [4.78, 5) is 10.4. The molecule has 2 rings (SSSR count). The highest BCUT2D eigenvalue weighted by atomic mass is 16.6. The number of benzene rings is 2. The molecule has 0 saturated heterocycles. The number of para-hydroxylation sites is 2. The Labute approximate surface area is 122 Å². The zero-order valence-corrected chi connectivity index (χ0v) is 11.5. The minimum atomic E-state index is -0.450. The number of ether oxygens (including phenoxy) is 1. The quantitative estimate of drug-likeness (QED) is 0.501. The van der Waals surface area contributed by atoms with E-state index in [1.54, 1.807) is 24.4 Å². The van der Waals surface area contributed by atoms with Crippen molar-refractivity contribution < 1.29 is 9.66 Å². The van der Waals surface area contributed by atoms with E-state index in [4.69, 9.17) is 4.74 Å². The number of hydrazone groups is 1. The number of anilines is 1. The molecule has 0 aromatic heterocycles. The number of nitrogens with zero attached hydrogens (tertiary/aromatic N) is 2. The smallest absolute Gasteiger partial charge is 0.294 e. The van der Waals surface area contributed by atoms with Crippen molar-refractivity contribution in [2.24, 2.45) is 5.10 Å². The molecule has 0 bridgehead atoms. The second-order valence-corrected chi connectivity index (χ2v) is 4.15. The summed E-state index contributed by atoms with van der Waals surface area (Å²) in [6.45, 7) is 2.54. The molecule has 0 fully saturated rings. The van der Waals surface area contributed by atoms with Gasteiger partial charge in [0.25, 0.3) is 5.69 Å². The lowest BCUT2D eigenvalue weighted by atomic mass is 10.2. The van der Waals surface area contributed by atoms with Crippen LogP contribution in [-0.4, -0.2) is 17.7 Å². The van der Waals surface area contributed by atoms with Crippen molar-refractivity contribution >= 4 is 17.6 Å². The lowest BCUT2D eigenvalue weighted by Crippen LogP contribution is -1.96. The molecule has 6 heteroatoms. The van der Waals surface area contributed by atoms with Crippen LogP contribution in [0.1, 0.15) is 12.5 Å². The van der Waals surface area contributed by atoms with Gasteiger partial charge in [0.1, 0.15) is 11.4 Å². The molecule has 108 valence electrons. The van der Waals surface area contributed by atoms with Gasteiger partial charge in [0.15, 0.2) is 0 Å². The maximum absolute atomic E-state index is 10.9. The maximum atomic E-state index is 10.9. The van der Waals surface area contributed by atoms with Gasteiger partial charge in [-0.15, -0.1) is 0 Å². The fraction of sp³-hybridized carbons (Fsp3) is 0.133. The van der Waals surface area contributed by atoms with Crippen molar-refractivity contribution in [3.05, 3.63) is 64.2 Å². The zero-order valence-electron chi connectivity index (χ0n) is 11.5. The van der Waals surface area contributed by atoms with E-state index in [1.807, 2.05) is 31.2 Å². The normalized spacial score (nSPS) is 10.5. The molecule has 0 spiro atoms. The van der Waals surface area contributed by atoms with Crippen molar-refractivity contribution in [1.29, 1.82) is 0 Å². The van der Waals surface area contributed by atoms with E-state index in [0.29, 0.717) is 12.3 Å². The summed E-state index contributed by atoms with van der Waals surface area (Å²) in [7, 11) is 0. The molecule has 0 heterocycles. The molecule has 1 N–H and O–H groups in total. The van der Waals surface area contributed by atoms with Crippen LogP contribution in [0.2, 0.25) is 0 Å². The first kappa shape index (κ1) is 14.5. The fourth-order valence-electron chi connectivity index (χ4n) is 1.72. The van der Waals surface area contributed by atoms with Gasteiger partial charge in [0.2, 0.25) is 0 Å². The van der Waals surface area contributed by atoms with E-state index in [0.717, 1.165) is 11.3 Å². The Kier molecular flexibility index (Phi) is 4.87. The van der Waals surface area contributed by atoms with Crippen molar-refractivity contribution in [3.8, 4) is 5.75 Å². The summed E-state index contributed by atoms with van der Waals surface area (Å²) < 4.78 is 5.34. The highest BCUT2D eigenvalue weighted by Crippen LogP contribution is 2.22. The molecule has 0 amide bonds. The van der Waals surface area contributed by atoms with Crippen molar-refractivity contribution in [2.75, 3.05) is 12.0 Å². The summed E-state index contributed by atoms with van der Waals surface area (Å²) in [5, 5.41) is 14.9.